The summed E-state index contributed by atoms with van der Waals surface area (Å²) in [6.07, 6.45) is 0. The highest BCUT2D eigenvalue weighted by atomic mass is 15.1. The van der Waals surface area contributed by atoms with E-state index in [0.29, 0.717) is 0 Å². The van der Waals surface area contributed by atoms with E-state index in [9.17, 15) is 0 Å². The highest BCUT2D eigenvalue weighted by molar-refractivity contribution is 6.19. The molecule has 0 atom stereocenters. The molecule has 0 aliphatic heterocycles. The molecule has 252 valence electrons. The molecular formula is C52H34N2. The van der Waals surface area contributed by atoms with Gasteiger partial charge in [0.25, 0.3) is 0 Å². The van der Waals surface area contributed by atoms with Crippen molar-refractivity contribution in [3.63, 3.8) is 0 Å². The fourth-order valence-electron chi connectivity index (χ4n) is 8.50. The third-order valence-electron chi connectivity index (χ3n) is 11.1. The molecule has 0 N–H and O–H groups in total. The lowest BCUT2D eigenvalue weighted by molar-refractivity contribution is 1.18. The second-order valence-corrected chi connectivity index (χ2v) is 14.2. The minimum atomic E-state index is 1.11. The highest BCUT2D eigenvalue weighted by Crippen LogP contribution is 2.43. The Morgan fingerprint density at radius 2 is 0.833 bits per heavy atom. The molecule has 1 heterocycles. The molecule has 2 heteroatoms. The van der Waals surface area contributed by atoms with Crippen LogP contribution in [-0.2, 0) is 0 Å². The lowest BCUT2D eigenvalue weighted by Crippen LogP contribution is -2.10. The molecule has 1 aromatic heterocycles. The monoisotopic (exact) mass is 686 g/mol. The first-order valence-electron chi connectivity index (χ1n) is 18.6. The number of nitrogens with zero attached hydrogens (tertiary/aromatic N) is 2. The summed E-state index contributed by atoms with van der Waals surface area (Å²) in [5.41, 5.74) is 9.32. The SMILES string of the molecule is c1ccc(-n2c3ccc(N(c4ccc(-c5ccc6ccccc6c5)cc4)c4ccc5ccc6ccccc6c5c4)cc3c3ccc4ccccc4c32)cc1. The van der Waals surface area contributed by atoms with Gasteiger partial charge in [0.05, 0.1) is 11.0 Å². The lowest BCUT2D eigenvalue weighted by Gasteiger charge is -2.26. The van der Waals surface area contributed by atoms with Crippen molar-refractivity contribution in [2.45, 2.75) is 0 Å². The molecule has 10 aromatic carbocycles. The molecule has 2 nitrogen and oxygen atoms in total. The Bertz CT molecular complexity index is 3210. The van der Waals surface area contributed by atoms with E-state index < -0.39 is 0 Å². The fourth-order valence-corrected chi connectivity index (χ4v) is 8.50. The number of aromatic nitrogens is 1. The first-order valence-corrected chi connectivity index (χ1v) is 18.6. The molecule has 0 spiro atoms. The van der Waals surface area contributed by atoms with Crippen LogP contribution in [0, 0.1) is 0 Å². The van der Waals surface area contributed by atoms with Crippen LogP contribution in [0.1, 0.15) is 0 Å². The Labute approximate surface area is 313 Å². The Hall–Kier alpha value is -7.16. The summed E-state index contributed by atoms with van der Waals surface area (Å²) in [5.74, 6) is 0. The molecule has 0 fully saturated rings. The van der Waals surface area contributed by atoms with Gasteiger partial charge < -0.3 is 9.47 Å². The van der Waals surface area contributed by atoms with E-state index in [-0.39, 0.29) is 0 Å². The Balaban J connectivity index is 1.14. The first kappa shape index (κ1) is 30.5. The maximum atomic E-state index is 2.43. The third kappa shape index (κ3) is 4.88. The molecule has 0 aliphatic carbocycles. The van der Waals surface area contributed by atoms with Gasteiger partial charge in [-0.2, -0.15) is 0 Å². The number of fused-ring (bicyclic) bond motifs is 9. The van der Waals surface area contributed by atoms with Crippen LogP contribution in [-0.4, -0.2) is 4.57 Å². The van der Waals surface area contributed by atoms with Crippen LogP contribution in [0.3, 0.4) is 0 Å². The molecule has 54 heavy (non-hydrogen) atoms. The molecule has 11 rings (SSSR count). The van der Waals surface area contributed by atoms with Gasteiger partial charge in [-0.15, -0.1) is 0 Å². The van der Waals surface area contributed by atoms with Gasteiger partial charge in [0.2, 0.25) is 0 Å². The molecule has 0 bridgehead atoms. The van der Waals surface area contributed by atoms with Gasteiger partial charge in [0.1, 0.15) is 0 Å². The van der Waals surface area contributed by atoms with Crippen LogP contribution in [0.15, 0.2) is 206 Å². The summed E-state index contributed by atoms with van der Waals surface area (Å²) in [7, 11) is 0. The smallest absolute Gasteiger partial charge is 0.0619 e. The highest BCUT2D eigenvalue weighted by Gasteiger charge is 2.19. The minimum Gasteiger partial charge on any atom is -0.310 e. The van der Waals surface area contributed by atoms with Crippen molar-refractivity contribution in [3.8, 4) is 16.8 Å². The second-order valence-electron chi connectivity index (χ2n) is 14.2. The molecule has 0 radical (unpaired) electrons. The maximum absolute atomic E-state index is 2.43. The van der Waals surface area contributed by atoms with Gasteiger partial charge in [0, 0.05) is 38.9 Å². The average molecular weight is 687 g/mol. The molecule has 0 amide bonds. The number of anilines is 3. The quantitative estimate of drug-likeness (QED) is 0.164. The van der Waals surface area contributed by atoms with Crippen molar-refractivity contribution in [3.05, 3.63) is 206 Å². The first-order chi connectivity index (χ1) is 26.8. The summed E-state index contributed by atoms with van der Waals surface area (Å²) >= 11 is 0. The van der Waals surface area contributed by atoms with Gasteiger partial charge in [-0.3, -0.25) is 0 Å². The van der Waals surface area contributed by atoms with Crippen molar-refractivity contribution in [2.24, 2.45) is 0 Å². The van der Waals surface area contributed by atoms with Crippen molar-refractivity contribution in [1.82, 2.24) is 4.57 Å². The maximum Gasteiger partial charge on any atom is 0.0619 e. The average Bonchev–Trinajstić information content (AvgIpc) is 3.58. The zero-order chi connectivity index (χ0) is 35.6. The van der Waals surface area contributed by atoms with E-state index in [2.05, 4.69) is 216 Å². The number of para-hydroxylation sites is 1. The number of hydrogen-bond donors (Lipinski definition) is 0. The van der Waals surface area contributed by atoms with Crippen LogP contribution in [0.5, 0.6) is 0 Å². The van der Waals surface area contributed by atoms with E-state index in [4.69, 9.17) is 0 Å². The predicted octanol–water partition coefficient (Wildman–Crippen LogP) is 14.5. The Kier molecular flexibility index (Phi) is 6.90. The molecule has 0 aliphatic rings. The molecule has 11 aromatic rings. The lowest BCUT2D eigenvalue weighted by atomic mass is 10.00. The third-order valence-corrected chi connectivity index (χ3v) is 11.1. The summed E-state index contributed by atoms with van der Waals surface area (Å²) in [4.78, 5) is 2.41. The summed E-state index contributed by atoms with van der Waals surface area (Å²) in [6.45, 7) is 0. The number of rotatable bonds is 5. The Morgan fingerprint density at radius 3 is 1.63 bits per heavy atom. The van der Waals surface area contributed by atoms with Gasteiger partial charge >= 0.3 is 0 Å². The van der Waals surface area contributed by atoms with E-state index in [0.717, 1.165) is 22.7 Å². The van der Waals surface area contributed by atoms with Gasteiger partial charge in [-0.25, -0.2) is 0 Å². The molecular weight excluding hydrogens is 653 g/mol. The Morgan fingerprint density at radius 1 is 0.296 bits per heavy atom. The van der Waals surface area contributed by atoms with Crippen molar-refractivity contribution >= 4 is 82.0 Å². The van der Waals surface area contributed by atoms with E-state index >= 15 is 0 Å². The number of benzene rings is 10. The molecule has 0 saturated carbocycles. The summed E-state index contributed by atoms with van der Waals surface area (Å²) < 4.78 is 2.43. The van der Waals surface area contributed by atoms with Crippen LogP contribution in [0.2, 0.25) is 0 Å². The van der Waals surface area contributed by atoms with Crippen LogP contribution >= 0.6 is 0 Å². The zero-order valence-electron chi connectivity index (χ0n) is 29.5. The van der Waals surface area contributed by atoms with E-state index in [1.807, 2.05) is 0 Å². The molecule has 0 saturated heterocycles. The topological polar surface area (TPSA) is 8.17 Å². The minimum absolute atomic E-state index is 1.11. The fraction of sp³-hybridized carbons (Fsp3) is 0. The summed E-state index contributed by atoms with van der Waals surface area (Å²) in [6, 6.07) is 75.4. The van der Waals surface area contributed by atoms with Crippen LogP contribution in [0.25, 0.3) is 81.7 Å². The predicted molar refractivity (Wildman–Crippen MR) is 231 cm³/mol. The normalized spacial score (nSPS) is 11.7. The van der Waals surface area contributed by atoms with Crippen LogP contribution in [0.4, 0.5) is 17.1 Å². The van der Waals surface area contributed by atoms with Gasteiger partial charge in [0.15, 0.2) is 0 Å². The van der Waals surface area contributed by atoms with E-state index in [1.165, 1.54) is 76.0 Å². The second kappa shape index (κ2) is 12.2. The largest absolute Gasteiger partial charge is 0.310 e. The molecule has 0 unspecified atom stereocenters. The van der Waals surface area contributed by atoms with Crippen LogP contribution < -0.4 is 4.90 Å². The van der Waals surface area contributed by atoms with Crippen molar-refractivity contribution in [1.29, 1.82) is 0 Å². The van der Waals surface area contributed by atoms with E-state index in [1.54, 1.807) is 0 Å². The van der Waals surface area contributed by atoms with Gasteiger partial charge in [-0.05, 0) is 109 Å². The number of hydrogen-bond acceptors (Lipinski definition) is 1. The summed E-state index contributed by atoms with van der Waals surface area (Å²) in [5, 5.41) is 12.4. The van der Waals surface area contributed by atoms with Crippen molar-refractivity contribution < 1.29 is 0 Å². The van der Waals surface area contributed by atoms with Crippen molar-refractivity contribution in [2.75, 3.05) is 4.90 Å². The standard InChI is InChI=1S/C52H34N2/c1-2-14-42(15-3-1)54-51-31-29-45(34-50(51)48-30-25-38-12-7-9-17-47(38)52(48)54)53(44-28-24-39-20-19-37-11-6-8-16-46(37)49(39)33-44)43-26-22-36(23-27-43)41-21-18-35-10-4-5-13-40(35)32-41/h1-34H. The zero-order valence-corrected chi connectivity index (χ0v) is 29.5. The van der Waals surface area contributed by atoms with Gasteiger partial charge in [-0.1, -0.05) is 146 Å².